The van der Waals surface area contributed by atoms with Gasteiger partial charge in [0.2, 0.25) is 0 Å². The lowest BCUT2D eigenvalue weighted by Crippen LogP contribution is -1.98. The number of hydrogen-bond acceptors (Lipinski definition) is 2. The molecule has 0 N–H and O–H groups in total. The Morgan fingerprint density at radius 1 is 1.42 bits per heavy atom. The van der Waals surface area contributed by atoms with E-state index in [1.807, 2.05) is 20.8 Å². The molecule has 0 unspecified atom stereocenters. The molecule has 0 fully saturated rings. The Balaban J connectivity index is 4.03. The fourth-order valence-electron chi connectivity index (χ4n) is 0.436. The maximum atomic E-state index is 10.6. The van der Waals surface area contributed by atoms with E-state index in [1.54, 1.807) is 0 Å². The Labute approximate surface area is 73.6 Å². The first-order chi connectivity index (χ1) is 5.45. The largest absolute Gasteiger partial charge is 0.466 e. The molecule has 0 rings (SSSR count). The van der Waals surface area contributed by atoms with E-state index in [-0.39, 0.29) is 11.4 Å². The number of allylic oxidation sites excluding steroid dienone is 1. The summed E-state index contributed by atoms with van der Waals surface area (Å²) >= 11 is 0. The van der Waals surface area contributed by atoms with Gasteiger partial charge in [-0.1, -0.05) is 11.8 Å². The fraction of sp³-hybridized carbons (Fsp3) is 0.500. The van der Waals surface area contributed by atoms with Gasteiger partial charge in [-0.2, -0.15) is 0 Å². The summed E-state index contributed by atoms with van der Waals surface area (Å²) in [6.45, 7) is 6.02. The zero-order valence-corrected chi connectivity index (χ0v) is 7.97. The first kappa shape index (κ1) is 10.8. The Morgan fingerprint density at radius 2 is 2.00 bits per heavy atom. The summed E-state index contributed by atoms with van der Waals surface area (Å²) in [5, 5.41) is 0. The maximum absolute atomic E-state index is 10.6. The predicted octanol–water partition coefficient (Wildman–Crippen LogP) is 1.77. The molecule has 0 saturated carbocycles. The second-order valence-electron chi connectivity index (χ2n) is 3.38. The monoisotopic (exact) mass is 166 g/mol. The van der Waals surface area contributed by atoms with Crippen LogP contribution in [0.15, 0.2) is 12.2 Å². The smallest absolute Gasteiger partial charge is 0.331 e. The molecule has 2 nitrogen and oxygen atoms in total. The molecule has 0 spiro atoms. The van der Waals surface area contributed by atoms with Gasteiger partial charge in [0.1, 0.15) is 0 Å². The molecule has 0 heterocycles. The second kappa shape index (κ2) is 4.61. The van der Waals surface area contributed by atoms with Crippen molar-refractivity contribution >= 4 is 5.97 Å². The first-order valence-corrected chi connectivity index (χ1v) is 3.73. The van der Waals surface area contributed by atoms with Gasteiger partial charge in [0.25, 0.3) is 0 Å². The van der Waals surface area contributed by atoms with E-state index in [9.17, 15) is 4.79 Å². The van der Waals surface area contributed by atoms with Crippen molar-refractivity contribution in [3.63, 3.8) is 0 Å². The molecule has 0 aliphatic carbocycles. The number of carbonyl (C=O) groups excluding carboxylic acids is 1. The normalized spacial score (nSPS) is 10.7. The highest BCUT2D eigenvalue weighted by Crippen LogP contribution is 2.09. The minimum Gasteiger partial charge on any atom is -0.466 e. The molecule has 0 aromatic heterocycles. The van der Waals surface area contributed by atoms with Gasteiger partial charge >= 0.3 is 5.97 Å². The lowest BCUT2D eigenvalue weighted by molar-refractivity contribution is -0.134. The Hall–Kier alpha value is -1.23. The molecule has 0 radical (unpaired) electrons. The van der Waals surface area contributed by atoms with Crippen LogP contribution in [0.5, 0.6) is 0 Å². The topological polar surface area (TPSA) is 26.3 Å². The van der Waals surface area contributed by atoms with Gasteiger partial charge in [-0.05, 0) is 26.8 Å². The highest BCUT2D eigenvalue weighted by molar-refractivity contribution is 5.82. The Bertz CT molecular complexity index is 233. The SMILES string of the molecule is COC(=O)C=CC#CC(C)(C)C. The maximum Gasteiger partial charge on any atom is 0.331 e. The van der Waals surface area contributed by atoms with Crippen molar-refractivity contribution in [2.75, 3.05) is 7.11 Å². The lowest BCUT2D eigenvalue weighted by atomic mass is 9.98. The van der Waals surface area contributed by atoms with Gasteiger partial charge in [-0.15, -0.1) is 0 Å². The minimum atomic E-state index is -0.377. The van der Waals surface area contributed by atoms with Crippen molar-refractivity contribution in [3.05, 3.63) is 12.2 Å². The van der Waals surface area contributed by atoms with E-state index in [4.69, 9.17) is 0 Å². The zero-order valence-electron chi connectivity index (χ0n) is 7.97. The summed E-state index contributed by atoms with van der Waals surface area (Å²) in [5.74, 6) is 5.34. The van der Waals surface area contributed by atoms with Crippen molar-refractivity contribution < 1.29 is 9.53 Å². The average molecular weight is 166 g/mol. The summed E-state index contributed by atoms with van der Waals surface area (Å²) < 4.78 is 4.39. The van der Waals surface area contributed by atoms with E-state index >= 15 is 0 Å². The molecule has 0 aliphatic heterocycles. The highest BCUT2D eigenvalue weighted by Gasteiger charge is 2.02. The molecule has 0 bridgehead atoms. The van der Waals surface area contributed by atoms with Crippen LogP contribution in [0.2, 0.25) is 0 Å². The van der Waals surface area contributed by atoms with Crippen LogP contribution >= 0.6 is 0 Å². The number of esters is 1. The standard InChI is InChI=1S/C10H14O2/c1-10(2,3)8-6-5-7-9(11)12-4/h5,7H,1-4H3. The van der Waals surface area contributed by atoms with Crippen LogP contribution in [0.25, 0.3) is 0 Å². The van der Waals surface area contributed by atoms with Crippen molar-refractivity contribution in [2.24, 2.45) is 5.41 Å². The van der Waals surface area contributed by atoms with E-state index in [0.29, 0.717) is 0 Å². The van der Waals surface area contributed by atoms with Crippen LogP contribution < -0.4 is 0 Å². The van der Waals surface area contributed by atoms with Crippen LogP contribution in [-0.2, 0) is 9.53 Å². The molecule has 66 valence electrons. The molecule has 0 aliphatic rings. The summed E-state index contributed by atoms with van der Waals surface area (Å²) in [5.41, 5.74) is -0.0273. The molecule has 0 aromatic carbocycles. The summed E-state index contributed by atoms with van der Waals surface area (Å²) in [4.78, 5) is 10.6. The van der Waals surface area contributed by atoms with Crippen LogP contribution in [0.4, 0.5) is 0 Å². The molecule has 0 atom stereocenters. The van der Waals surface area contributed by atoms with Gasteiger partial charge in [0.15, 0.2) is 0 Å². The lowest BCUT2D eigenvalue weighted by Gasteiger charge is -2.05. The quantitative estimate of drug-likeness (QED) is 0.337. The Morgan fingerprint density at radius 3 is 2.42 bits per heavy atom. The van der Waals surface area contributed by atoms with Gasteiger partial charge in [-0.25, -0.2) is 4.79 Å². The molecule has 0 aromatic rings. The van der Waals surface area contributed by atoms with Crippen molar-refractivity contribution in [1.82, 2.24) is 0 Å². The molecule has 0 amide bonds. The van der Waals surface area contributed by atoms with Crippen LogP contribution in [0.3, 0.4) is 0 Å². The van der Waals surface area contributed by atoms with E-state index in [1.165, 1.54) is 19.3 Å². The molecular formula is C10H14O2. The minimum absolute atomic E-state index is 0.0273. The first-order valence-electron chi connectivity index (χ1n) is 3.73. The van der Waals surface area contributed by atoms with Gasteiger partial charge in [0, 0.05) is 11.5 Å². The van der Waals surface area contributed by atoms with Gasteiger partial charge in [0.05, 0.1) is 7.11 Å². The molecule has 2 heteroatoms. The van der Waals surface area contributed by atoms with Gasteiger partial charge < -0.3 is 4.74 Å². The predicted molar refractivity (Wildman–Crippen MR) is 48.4 cm³/mol. The number of methoxy groups -OCH3 is 1. The number of rotatable bonds is 1. The highest BCUT2D eigenvalue weighted by atomic mass is 16.5. The molecule has 0 saturated heterocycles. The van der Waals surface area contributed by atoms with Crippen molar-refractivity contribution in [3.8, 4) is 11.8 Å². The Kier molecular flexibility index (Phi) is 4.14. The summed E-state index contributed by atoms with van der Waals surface area (Å²) in [6, 6.07) is 0. The third-order valence-electron chi connectivity index (χ3n) is 0.951. The molecule has 12 heavy (non-hydrogen) atoms. The summed E-state index contributed by atoms with van der Waals surface area (Å²) in [6.07, 6.45) is 2.80. The van der Waals surface area contributed by atoms with Crippen LogP contribution in [-0.4, -0.2) is 13.1 Å². The van der Waals surface area contributed by atoms with Crippen LogP contribution in [0, 0.1) is 17.3 Å². The molecular weight excluding hydrogens is 152 g/mol. The van der Waals surface area contributed by atoms with E-state index in [2.05, 4.69) is 16.6 Å². The summed E-state index contributed by atoms with van der Waals surface area (Å²) in [7, 11) is 1.34. The number of ether oxygens (including phenoxy) is 1. The van der Waals surface area contributed by atoms with Crippen LogP contribution in [0.1, 0.15) is 20.8 Å². The fourth-order valence-corrected chi connectivity index (χ4v) is 0.436. The third-order valence-corrected chi connectivity index (χ3v) is 0.951. The number of hydrogen-bond donors (Lipinski definition) is 0. The second-order valence-corrected chi connectivity index (χ2v) is 3.38. The van der Waals surface area contributed by atoms with E-state index < -0.39 is 0 Å². The van der Waals surface area contributed by atoms with Gasteiger partial charge in [-0.3, -0.25) is 0 Å². The van der Waals surface area contributed by atoms with Crippen molar-refractivity contribution in [1.29, 1.82) is 0 Å². The third kappa shape index (κ3) is 6.88. The van der Waals surface area contributed by atoms with Crippen molar-refractivity contribution in [2.45, 2.75) is 20.8 Å². The number of carbonyl (C=O) groups is 1. The zero-order chi connectivity index (χ0) is 9.61. The average Bonchev–Trinajstić information content (AvgIpc) is 1.96. The van der Waals surface area contributed by atoms with E-state index in [0.717, 1.165) is 0 Å².